The van der Waals surface area contributed by atoms with Crippen LogP contribution < -0.4 is 10.6 Å². The number of aryl methyl sites for hydroxylation is 2. The Kier molecular flexibility index (Phi) is 7.48. The van der Waals surface area contributed by atoms with Crippen LogP contribution in [0.1, 0.15) is 17.8 Å². The lowest BCUT2D eigenvalue weighted by molar-refractivity contribution is -0.116. The number of anilines is 2. The van der Waals surface area contributed by atoms with E-state index in [1.54, 1.807) is 28.8 Å². The Labute approximate surface area is 184 Å². The molecule has 9 heteroatoms. The average Bonchev–Trinajstić information content (AvgIpc) is 3.08. The summed E-state index contributed by atoms with van der Waals surface area (Å²) >= 11 is 7.33. The maximum absolute atomic E-state index is 12.2. The molecule has 0 aliphatic rings. The van der Waals surface area contributed by atoms with Gasteiger partial charge in [-0.15, -0.1) is 10.2 Å². The van der Waals surface area contributed by atoms with E-state index < -0.39 is 0 Å². The van der Waals surface area contributed by atoms with E-state index in [9.17, 15) is 9.59 Å². The van der Waals surface area contributed by atoms with Crippen molar-refractivity contribution in [1.29, 1.82) is 0 Å². The van der Waals surface area contributed by atoms with E-state index in [1.165, 1.54) is 11.8 Å². The van der Waals surface area contributed by atoms with Gasteiger partial charge in [0.1, 0.15) is 5.82 Å². The molecule has 0 atom stereocenters. The summed E-state index contributed by atoms with van der Waals surface area (Å²) < 4.78 is 1.80. The third-order valence-corrected chi connectivity index (χ3v) is 5.75. The van der Waals surface area contributed by atoms with Crippen molar-refractivity contribution >= 4 is 46.6 Å². The van der Waals surface area contributed by atoms with Crippen LogP contribution in [0.2, 0.25) is 5.02 Å². The number of carbonyl (C=O) groups excluding carboxylic acids is 2. The molecule has 30 heavy (non-hydrogen) atoms. The van der Waals surface area contributed by atoms with E-state index in [0.29, 0.717) is 28.1 Å². The molecule has 0 aliphatic carbocycles. The Morgan fingerprint density at radius 3 is 2.40 bits per heavy atom. The standard InChI is InChI=1S/C21H22ClN5O2S/c1-14-7-3-5-9-16(14)23-19(28)12-11-18-25-26-21(27(18)2)30-13-20(29)24-17-10-6-4-8-15(17)22/h3-10H,11-13H2,1-2H3,(H,23,28)(H,24,29). The fraction of sp³-hybridized carbons (Fsp3) is 0.238. The Morgan fingerprint density at radius 2 is 1.67 bits per heavy atom. The van der Waals surface area contributed by atoms with Crippen molar-refractivity contribution in [3.8, 4) is 0 Å². The number of hydrogen-bond donors (Lipinski definition) is 2. The van der Waals surface area contributed by atoms with Gasteiger partial charge in [-0.1, -0.05) is 53.7 Å². The zero-order valence-electron chi connectivity index (χ0n) is 16.7. The van der Waals surface area contributed by atoms with Crippen molar-refractivity contribution in [2.75, 3.05) is 16.4 Å². The molecule has 0 saturated carbocycles. The fourth-order valence-electron chi connectivity index (χ4n) is 2.72. The highest BCUT2D eigenvalue weighted by molar-refractivity contribution is 7.99. The lowest BCUT2D eigenvalue weighted by Gasteiger charge is -2.08. The largest absolute Gasteiger partial charge is 0.326 e. The monoisotopic (exact) mass is 443 g/mol. The molecule has 7 nitrogen and oxygen atoms in total. The van der Waals surface area contributed by atoms with Crippen LogP contribution in [0, 0.1) is 6.92 Å². The van der Waals surface area contributed by atoms with Crippen LogP contribution >= 0.6 is 23.4 Å². The van der Waals surface area contributed by atoms with Gasteiger partial charge in [0, 0.05) is 25.6 Å². The van der Waals surface area contributed by atoms with Crippen molar-refractivity contribution in [3.63, 3.8) is 0 Å². The third-order valence-electron chi connectivity index (χ3n) is 4.40. The van der Waals surface area contributed by atoms with E-state index in [0.717, 1.165) is 11.3 Å². The van der Waals surface area contributed by atoms with Gasteiger partial charge in [0.2, 0.25) is 11.8 Å². The van der Waals surface area contributed by atoms with Crippen molar-refractivity contribution in [1.82, 2.24) is 14.8 Å². The van der Waals surface area contributed by atoms with E-state index in [2.05, 4.69) is 20.8 Å². The van der Waals surface area contributed by atoms with Gasteiger partial charge in [0.15, 0.2) is 5.16 Å². The molecule has 0 spiro atoms. The Balaban J connectivity index is 1.49. The van der Waals surface area contributed by atoms with Crippen LogP contribution in [0.15, 0.2) is 53.7 Å². The maximum atomic E-state index is 12.2. The highest BCUT2D eigenvalue weighted by atomic mass is 35.5. The molecule has 0 aliphatic heterocycles. The molecule has 1 heterocycles. The van der Waals surface area contributed by atoms with Crippen LogP contribution in [-0.2, 0) is 23.1 Å². The second kappa shape index (κ2) is 10.3. The number of nitrogens with zero attached hydrogens (tertiary/aromatic N) is 3. The number of para-hydroxylation sites is 2. The van der Waals surface area contributed by atoms with E-state index in [-0.39, 0.29) is 24.0 Å². The van der Waals surface area contributed by atoms with Crippen molar-refractivity contribution < 1.29 is 9.59 Å². The zero-order chi connectivity index (χ0) is 21.5. The van der Waals surface area contributed by atoms with Crippen LogP contribution in [-0.4, -0.2) is 32.3 Å². The van der Waals surface area contributed by atoms with Crippen molar-refractivity contribution in [3.05, 3.63) is 64.9 Å². The Morgan fingerprint density at radius 1 is 1.00 bits per heavy atom. The second-order valence-corrected chi connectivity index (χ2v) is 7.99. The number of amides is 2. The van der Waals surface area contributed by atoms with Crippen molar-refractivity contribution in [2.24, 2.45) is 7.05 Å². The molecule has 0 radical (unpaired) electrons. The van der Waals surface area contributed by atoms with E-state index in [4.69, 9.17) is 11.6 Å². The van der Waals surface area contributed by atoms with Gasteiger partial charge in [-0.2, -0.15) is 0 Å². The molecule has 2 N–H and O–H groups in total. The minimum atomic E-state index is -0.185. The minimum Gasteiger partial charge on any atom is -0.326 e. The smallest absolute Gasteiger partial charge is 0.234 e. The van der Waals surface area contributed by atoms with Crippen LogP contribution in [0.5, 0.6) is 0 Å². The summed E-state index contributed by atoms with van der Waals surface area (Å²) in [5.41, 5.74) is 2.39. The molecule has 2 aromatic carbocycles. The minimum absolute atomic E-state index is 0.0828. The number of halogens is 1. The highest BCUT2D eigenvalue weighted by Gasteiger charge is 2.14. The van der Waals surface area contributed by atoms with Crippen LogP contribution in [0.3, 0.4) is 0 Å². The first-order chi connectivity index (χ1) is 14.4. The third kappa shape index (κ3) is 5.84. The molecule has 2 amide bonds. The molecule has 0 saturated heterocycles. The van der Waals surface area contributed by atoms with Crippen molar-refractivity contribution in [2.45, 2.75) is 24.9 Å². The molecule has 0 bridgehead atoms. The first-order valence-electron chi connectivity index (χ1n) is 9.35. The zero-order valence-corrected chi connectivity index (χ0v) is 18.3. The van der Waals surface area contributed by atoms with E-state index in [1.807, 2.05) is 38.2 Å². The summed E-state index contributed by atoms with van der Waals surface area (Å²) in [5, 5.41) is 15.1. The molecule has 3 aromatic rings. The summed E-state index contributed by atoms with van der Waals surface area (Å²) in [6.45, 7) is 1.95. The number of hydrogen-bond acceptors (Lipinski definition) is 5. The molecule has 1 aromatic heterocycles. The van der Waals surface area contributed by atoms with Crippen LogP contribution in [0.25, 0.3) is 0 Å². The normalized spacial score (nSPS) is 10.6. The summed E-state index contributed by atoms with van der Waals surface area (Å²) in [7, 11) is 1.82. The number of thioether (sulfide) groups is 1. The first-order valence-corrected chi connectivity index (χ1v) is 10.7. The van der Waals surface area contributed by atoms with Gasteiger partial charge < -0.3 is 15.2 Å². The summed E-state index contributed by atoms with van der Waals surface area (Å²) in [5.74, 6) is 0.588. The van der Waals surface area contributed by atoms with Gasteiger partial charge in [-0.3, -0.25) is 9.59 Å². The lowest BCUT2D eigenvalue weighted by atomic mass is 10.2. The van der Waals surface area contributed by atoms with Gasteiger partial charge in [0.25, 0.3) is 0 Å². The quantitative estimate of drug-likeness (QED) is 0.512. The van der Waals surface area contributed by atoms with Crippen LogP contribution in [0.4, 0.5) is 11.4 Å². The number of rotatable bonds is 8. The SMILES string of the molecule is Cc1ccccc1NC(=O)CCc1nnc(SCC(=O)Nc2ccccc2Cl)n1C. The van der Waals surface area contributed by atoms with Gasteiger partial charge in [-0.25, -0.2) is 0 Å². The molecule has 156 valence electrons. The number of benzene rings is 2. The molecular formula is C21H22ClN5O2S. The van der Waals surface area contributed by atoms with Gasteiger partial charge >= 0.3 is 0 Å². The maximum Gasteiger partial charge on any atom is 0.234 e. The topological polar surface area (TPSA) is 88.9 Å². The molecule has 0 fully saturated rings. The first kappa shape index (κ1) is 21.9. The molecular weight excluding hydrogens is 422 g/mol. The highest BCUT2D eigenvalue weighted by Crippen LogP contribution is 2.22. The van der Waals surface area contributed by atoms with Gasteiger partial charge in [-0.05, 0) is 30.7 Å². The fourth-order valence-corrected chi connectivity index (χ4v) is 3.63. The lowest BCUT2D eigenvalue weighted by Crippen LogP contribution is -2.15. The summed E-state index contributed by atoms with van der Waals surface area (Å²) in [6.07, 6.45) is 0.742. The Bertz CT molecular complexity index is 972. The molecule has 3 rings (SSSR count). The Hall–Kier alpha value is -2.84. The number of nitrogens with one attached hydrogen (secondary N) is 2. The average molecular weight is 444 g/mol. The number of carbonyl (C=O) groups is 2. The van der Waals surface area contributed by atoms with Gasteiger partial charge in [0.05, 0.1) is 16.5 Å². The predicted octanol–water partition coefficient (Wildman–Crippen LogP) is 4.08. The second-order valence-electron chi connectivity index (χ2n) is 6.64. The number of aromatic nitrogens is 3. The van der Waals surface area contributed by atoms with E-state index >= 15 is 0 Å². The summed E-state index contributed by atoms with van der Waals surface area (Å²) in [4.78, 5) is 24.4. The molecule has 0 unspecified atom stereocenters. The summed E-state index contributed by atoms with van der Waals surface area (Å²) in [6, 6.07) is 14.7. The predicted molar refractivity (Wildman–Crippen MR) is 120 cm³/mol.